The first kappa shape index (κ1) is 15.1. The van der Waals surface area contributed by atoms with Gasteiger partial charge in [0.15, 0.2) is 5.82 Å². The first-order valence-electron chi connectivity index (χ1n) is 6.95. The number of hydrogen-bond donors (Lipinski definition) is 1. The van der Waals surface area contributed by atoms with Gasteiger partial charge in [-0.25, -0.2) is 4.68 Å². The summed E-state index contributed by atoms with van der Waals surface area (Å²) in [5.74, 6) is -0.347. The third kappa shape index (κ3) is 2.93. The summed E-state index contributed by atoms with van der Waals surface area (Å²) in [6, 6.07) is 1.94. The molecule has 0 aromatic carbocycles. The Balaban J connectivity index is 2.41. The average molecular weight is 292 g/mol. The second kappa shape index (κ2) is 5.63. The second-order valence-corrected chi connectivity index (χ2v) is 5.54. The molecule has 8 nitrogen and oxygen atoms in total. The van der Waals surface area contributed by atoms with E-state index in [0.29, 0.717) is 12.4 Å². The smallest absolute Gasteiger partial charge is 0.310 e. The molecule has 2 aromatic rings. The van der Waals surface area contributed by atoms with E-state index in [2.05, 4.69) is 20.6 Å². The second-order valence-electron chi connectivity index (χ2n) is 5.54. The van der Waals surface area contributed by atoms with E-state index in [9.17, 15) is 9.90 Å². The van der Waals surface area contributed by atoms with Crippen LogP contribution in [-0.2, 0) is 24.3 Å². The Bertz CT molecular complexity index is 643. The molecule has 0 aliphatic carbocycles. The number of carbonyl (C=O) groups is 1. The van der Waals surface area contributed by atoms with Crippen molar-refractivity contribution in [3.8, 4) is 11.5 Å². The zero-order valence-corrected chi connectivity index (χ0v) is 12.7. The van der Waals surface area contributed by atoms with Crippen molar-refractivity contribution in [3.05, 3.63) is 11.8 Å². The van der Waals surface area contributed by atoms with Crippen molar-refractivity contribution >= 4 is 5.97 Å². The van der Waals surface area contributed by atoms with E-state index >= 15 is 0 Å². The SMILES string of the molecule is CCc1cc(-c2nnnn2CC(C)(C)C(=O)O)n(CC)n1. The van der Waals surface area contributed by atoms with Crippen LogP contribution >= 0.6 is 0 Å². The lowest BCUT2D eigenvalue weighted by atomic mass is 9.94. The van der Waals surface area contributed by atoms with Crippen molar-refractivity contribution in [2.45, 2.75) is 47.2 Å². The van der Waals surface area contributed by atoms with Crippen LogP contribution in [0.2, 0.25) is 0 Å². The Labute approximate surface area is 122 Å². The van der Waals surface area contributed by atoms with E-state index in [1.165, 1.54) is 4.68 Å². The normalized spacial score (nSPS) is 11.8. The Morgan fingerprint density at radius 3 is 2.62 bits per heavy atom. The Kier molecular flexibility index (Phi) is 4.06. The highest BCUT2D eigenvalue weighted by atomic mass is 16.4. The van der Waals surface area contributed by atoms with E-state index in [1.54, 1.807) is 13.8 Å². The Hall–Kier alpha value is -2.25. The third-order valence-electron chi connectivity index (χ3n) is 3.38. The standard InChI is InChI=1S/C13H20N6O2/c1-5-9-7-10(18(6-2)15-9)11-14-16-17-19(11)8-13(3,4)12(20)21/h7H,5-6,8H2,1-4H3,(H,20,21). The van der Waals surface area contributed by atoms with Gasteiger partial charge in [0, 0.05) is 6.54 Å². The fourth-order valence-corrected chi connectivity index (χ4v) is 2.00. The van der Waals surface area contributed by atoms with E-state index in [0.717, 1.165) is 17.8 Å². The molecule has 0 aliphatic heterocycles. The van der Waals surface area contributed by atoms with Crippen LogP contribution in [0.4, 0.5) is 0 Å². The maximum Gasteiger partial charge on any atom is 0.310 e. The fourth-order valence-electron chi connectivity index (χ4n) is 2.00. The number of rotatable bonds is 6. The van der Waals surface area contributed by atoms with E-state index in [4.69, 9.17) is 0 Å². The fraction of sp³-hybridized carbons (Fsp3) is 0.615. The highest BCUT2D eigenvalue weighted by molar-refractivity contribution is 5.73. The zero-order chi connectivity index (χ0) is 15.6. The molecule has 2 heterocycles. The molecule has 2 rings (SSSR count). The first-order chi connectivity index (χ1) is 9.89. The molecule has 1 N–H and O–H groups in total. The Morgan fingerprint density at radius 2 is 2.05 bits per heavy atom. The van der Waals surface area contributed by atoms with Crippen LogP contribution in [0.1, 0.15) is 33.4 Å². The zero-order valence-electron chi connectivity index (χ0n) is 12.7. The monoisotopic (exact) mass is 292 g/mol. The minimum absolute atomic E-state index is 0.195. The van der Waals surface area contributed by atoms with Gasteiger partial charge in [0.25, 0.3) is 0 Å². The molecule has 0 atom stereocenters. The van der Waals surface area contributed by atoms with E-state index in [-0.39, 0.29) is 6.54 Å². The highest BCUT2D eigenvalue weighted by Gasteiger charge is 2.30. The molecule has 0 fully saturated rings. The van der Waals surface area contributed by atoms with Crippen molar-refractivity contribution in [3.63, 3.8) is 0 Å². The predicted octanol–water partition coefficient (Wildman–Crippen LogP) is 1.23. The summed E-state index contributed by atoms with van der Waals surface area (Å²) in [6.45, 7) is 8.21. The van der Waals surface area contributed by atoms with Gasteiger partial charge in [-0.1, -0.05) is 6.92 Å². The van der Waals surface area contributed by atoms with Gasteiger partial charge in [-0.15, -0.1) is 5.10 Å². The summed E-state index contributed by atoms with van der Waals surface area (Å²) in [4.78, 5) is 11.3. The molecule has 0 aliphatic rings. The molecule has 0 saturated carbocycles. The number of nitrogens with zero attached hydrogens (tertiary/aromatic N) is 6. The van der Waals surface area contributed by atoms with E-state index in [1.807, 2.05) is 24.6 Å². The quantitative estimate of drug-likeness (QED) is 0.859. The number of aliphatic carboxylic acids is 1. The lowest BCUT2D eigenvalue weighted by Gasteiger charge is -2.19. The lowest BCUT2D eigenvalue weighted by Crippen LogP contribution is -2.30. The van der Waals surface area contributed by atoms with Gasteiger partial charge in [0.1, 0.15) is 5.69 Å². The van der Waals surface area contributed by atoms with Crippen LogP contribution in [0.25, 0.3) is 11.5 Å². The van der Waals surface area contributed by atoms with Crippen molar-refractivity contribution in [1.82, 2.24) is 30.0 Å². The van der Waals surface area contributed by atoms with Crippen LogP contribution in [0.15, 0.2) is 6.07 Å². The van der Waals surface area contributed by atoms with Gasteiger partial charge in [-0.3, -0.25) is 9.48 Å². The number of hydrogen-bond acceptors (Lipinski definition) is 5. The largest absolute Gasteiger partial charge is 0.481 e. The molecule has 21 heavy (non-hydrogen) atoms. The number of aryl methyl sites for hydroxylation is 2. The van der Waals surface area contributed by atoms with Gasteiger partial charge in [-0.2, -0.15) is 5.10 Å². The van der Waals surface area contributed by atoms with Gasteiger partial charge in [-0.05, 0) is 43.7 Å². The van der Waals surface area contributed by atoms with Gasteiger partial charge in [0.05, 0.1) is 17.7 Å². The molecule has 0 radical (unpaired) electrons. The molecule has 2 aromatic heterocycles. The summed E-state index contributed by atoms with van der Waals surface area (Å²) in [5.41, 5.74) is 0.814. The number of tetrazole rings is 1. The summed E-state index contributed by atoms with van der Waals surface area (Å²) >= 11 is 0. The van der Waals surface area contributed by atoms with Crippen LogP contribution in [0.5, 0.6) is 0 Å². The summed E-state index contributed by atoms with van der Waals surface area (Å²) in [6.07, 6.45) is 0.822. The van der Waals surface area contributed by atoms with Crippen molar-refractivity contribution in [2.24, 2.45) is 5.41 Å². The van der Waals surface area contributed by atoms with Crippen LogP contribution in [0, 0.1) is 5.41 Å². The maximum atomic E-state index is 11.3. The molecule has 0 amide bonds. The highest BCUT2D eigenvalue weighted by Crippen LogP contribution is 2.23. The van der Waals surface area contributed by atoms with Crippen molar-refractivity contribution in [1.29, 1.82) is 0 Å². The number of carboxylic acids is 1. The average Bonchev–Trinajstić information content (AvgIpc) is 3.03. The van der Waals surface area contributed by atoms with Crippen molar-refractivity contribution in [2.75, 3.05) is 0 Å². The molecule has 0 unspecified atom stereocenters. The molecular formula is C13H20N6O2. The summed E-state index contributed by atoms with van der Waals surface area (Å²) < 4.78 is 3.35. The minimum atomic E-state index is -0.950. The van der Waals surface area contributed by atoms with Crippen LogP contribution < -0.4 is 0 Å². The molecular weight excluding hydrogens is 272 g/mol. The molecule has 8 heteroatoms. The topological polar surface area (TPSA) is 98.7 Å². The molecule has 0 spiro atoms. The van der Waals surface area contributed by atoms with Gasteiger partial charge in [0.2, 0.25) is 0 Å². The summed E-state index contributed by atoms with van der Waals surface area (Å²) in [7, 11) is 0. The Morgan fingerprint density at radius 1 is 1.33 bits per heavy atom. The van der Waals surface area contributed by atoms with Gasteiger partial charge < -0.3 is 5.11 Å². The lowest BCUT2D eigenvalue weighted by molar-refractivity contribution is -0.147. The maximum absolute atomic E-state index is 11.3. The van der Waals surface area contributed by atoms with Gasteiger partial charge >= 0.3 is 5.97 Å². The first-order valence-corrected chi connectivity index (χ1v) is 6.95. The van der Waals surface area contributed by atoms with Crippen LogP contribution in [-0.4, -0.2) is 41.1 Å². The molecule has 114 valence electrons. The van der Waals surface area contributed by atoms with E-state index < -0.39 is 11.4 Å². The number of aromatic nitrogens is 6. The van der Waals surface area contributed by atoms with Crippen molar-refractivity contribution < 1.29 is 9.90 Å². The van der Waals surface area contributed by atoms with Crippen LogP contribution in [0.3, 0.4) is 0 Å². The number of carboxylic acid groups (broad SMARTS) is 1. The third-order valence-corrected chi connectivity index (χ3v) is 3.38. The predicted molar refractivity (Wildman–Crippen MR) is 75.5 cm³/mol. The summed E-state index contributed by atoms with van der Waals surface area (Å²) in [5, 5.41) is 25.3. The minimum Gasteiger partial charge on any atom is -0.481 e. The molecule has 0 bridgehead atoms. The molecule has 0 saturated heterocycles.